The molecule has 0 aromatic heterocycles. The van der Waals surface area contributed by atoms with Crippen LogP contribution in [0, 0.1) is 0 Å². The van der Waals surface area contributed by atoms with Crippen LogP contribution < -0.4 is 0 Å². The molecule has 10 rings (SSSR count). The Bertz CT molecular complexity index is 1070. The summed E-state index contributed by atoms with van der Waals surface area (Å²) in [6.45, 7) is 2.76. The Kier molecular flexibility index (Phi) is 0.212. The molecule has 5 unspecified atom stereocenters. The Labute approximate surface area is 95.4 Å². The van der Waals surface area contributed by atoms with Gasteiger partial charge in [-0.15, -0.1) is 0 Å². The van der Waals surface area contributed by atoms with Gasteiger partial charge in [0.1, 0.15) is 0 Å². The number of ether oxygens (including phenoxy) is 1. The van der Waals surface area contributed by atoms with Crippen molar-refractivity contribution in [3.05, 3.63) is 12.7 Å². The molecule has 96 valence electrons. The first-order valence-corrected chi connectivity index (χ1v) is 13.7. The van der Waals surface area contributed by atoms with Gasteiger partial charge in [-0.2, -0.15) is 0 Å². The van der Waals surface area contributed by atoms with Crippen molar-refractivity contribution in [1.29, 1.82) is 0 Å². The van der Waals surface area contributed by atoms with Crippen molar-refractivity contribution in [1.82, 2.24) is 0 Å². The summed E-state index contributed by atoms with van der Waals surface area (Å²) >= 11 is 0. The minimum absolute atomic E-state index is 0.0886. The summed E-state index contributed by atoms with van der Waals surface area (Å²) in [5, 5.41) is 0. The minimum atomic E-state index is -3.33. The Hall–Kier alpha value is -0.271. The van der Waals surface area contributed by atoms with Crippen molar-refractivity contribution in [2.24, 2.45) is 0 Å². The van der Waals surface area contributed by atoms with E-state index < -0.39 is 6.51 Å². The van der Waals surface area contributed by atoms with E-state index in [2.05, 4.69) is 13.5 Å². The maximum absolute atomic E-state index is 11.9. The number of hydrogen-bond donors (Lipinski definition) is 0. The fraction of sp³-hybridized carbons (Fsp3) is 0.800. The molecule has 18 heavy (non-hydrogen) atoms. The third kappa shape index (κ3) is 0.0614. The van der Waals surface area contributed by atoms with E-state index in [-0.39, 0.29) is 10.5 Å². The molecule has 0 amide bonds. The second kappa shape index (κ2) is 0.550. The Morgan fingerprint density at radius 3 is 2.22 bits per heavy atom. The first-order valence-electron chi connectivity index (χ1n) is 7.51. The van der Waals surface area contributed by atoms with Crippen LogP contribution in [0.1, 0.15) is 13.3 Å². The van der Waals surface area contributed by atoms with Crippen molar-refractivity contribution in [2.75, 3.05) is 0 Å². The molecule has 0 aromatic rings. The summed E-state index contributed by atoms with van der Waals surface area (Å²) in [6, 6.07) is 0. The van der Waals surface area contributed by atoms with E-state index in [4.69, 9.17) is 4.74 Å². The Morgan fingerprint density at radius 1 is 1.28 bits per heavy atom. The summed E-state index contributed by atoms with van der Waals surface area (Å²) in [7, 11) is 0. The predicted molar refractivity (Wildman–Crippen MR) is 62.0 cm³/mol. The molecule has 10 aliphatic heterocycles. The van der Waals surface area contributed by atoms with Crippen LogP contribution in [0.2, 0.25) is 42.8 Å². The van der Waals surface area contributed by atoms with Crippen LogP contribution >= 0.6 is 0 Å². The van der Waals surface area contributed by atoms with E-state index in [1.807, 2.05) is 0 Å². The van der Waals surface area contributed by atoms with E-state index in [0.717, 1.165) is 13.9 Å². The molecule has 0 aliphatic carbocycles. The molecule has 10 fully saturated rings. The van der Waals surface area contributed by atoms with E-state index in [1.54, 1.807) is 0 Å². The van der Waals surface area contributed by atoms with E-state index in [9.17, 15) is 4.79 Å². The topological polar surface area (TPSA) is 26.3 Å². The molecule has 3 heteroatoms. The van der Waals surface area contributed by atoms with Gasteiger partial charge in [-0.3, -0.25) is 0 Å². The summed E-state index contributed by atoms with van der Waals surface area (Å²) in [5.41, 5.74) is 0. The average Bonchev–Trinajstić information content (AvgIpc) is 3.32. The van der Waals surface area contributed by atoms with E-state index in [0.29, 0.717) is 0 Å². The second-order valence-corrected chi connectivity index (χ2v) is 34.1. The van der Waals surface area contributed by atoms with Crippen LogP contribution in [0.3, 0.4) is 0 Å². The van der Waals surface area contributed by atoms with Crippen LogP contribution in [0.4, 0.5) is 0 Å². The molecule has 2 nitrogen and oxygen atoms in total. The van der Waals surface area contributed by atoms with Gasteiger partial charge in [0.2, 0.25) is 0 Å². The predicted octanol–water partition coefficient (Wildman–Crippen LogP) is 3.79. The normalized spacial score (nSPS) is 117. The molecule has 0 bridgehead atoms. The summed E-state index contributed by atoms with van der Waals surface area (Å²) < 4.78 is 7.37. The standard InChI is InChI=1S/C10H11O2.C5H5.Fe/c1-3-8-5-6-9(7-8)12-10(11)4-2;1-2-4-5-3-1;/h4-7H,2-3H2,1H3;1-5H;. The Morgan fingerprint density at radius 2 is 1.89 bits per heavy atom. The van der Waals surface area contributed by atoms with Gasteiger partial charge in [0.15, 0.2) is 0 Å². The van der Waals surface area contributed by atoms with Gasteiger partial charge < -0.3 is 0 Å². The first-order chi connectivity index (χ1) is 8.45. The van der Waals surface area contributed by atoms with Gasteiger partial charge in [0, 0.05) is 0 Å². The fourth-order valence-electron chi connectivity index (χ4n) is 18.2. The molecule has 10 heterocycles. The number of hydrogen-bond acceptors (Lipinski definition) is 2. The van der Waals surface area contributed by atoms with Gasteiger partial charge in [-0.25, -0.2) is 0 Å². The van der Waals surface area contributed by atoms with Crippen LogP contribution in [-0.4, -0.2) is 10.5 Å². The van der Waals surface area contributed by atoms with Crippen LogP contribution in [-0.2, 0) is 16.0 Å². The number of esters is 1. The molecular weight excluding hydrogens is 268 g/mol. The quantitative estimate of drug-likeness (QED) is 0.447. The monoisotopic (exact) mass is 284 g/mol. The third-order valence-corrected chi connectivity index (χ3v) is 59.0. The zero-order valence-electron chi connectivity index (χ0n) is 10.3. The molecule has 10 saturated heterocycles. The molecule has 0 saturated carbocycles. The summed E-state index contributed by atoms with van der Waals surface area (Å²) in [4.78, 5) is 21.2. The number of rotatable bonds is 3. The van der Waals surface area contributed by atoms with Crippen LogP contribution in [0.5, 0.6) is 0 Å². The van der Waals surface area contributed by atoms with Crippen molar-refractivity contribution < 1.29 is 16.0 Å². The Balaban J connectivity index is 1.55. The van der Waals surface area contributed by atoms with Gasteiger partial charge >= 0.3 is 95.4 Å². The van der Waals surface area contributed by atoms with Gasteiger partial charge in [0.25, 0.3) is 0 Å². The number of carbonyl (C=O) groups is 1. The zero-order chi connectivity index (χ0) is 11.6. The SMILES string of the molecule is C=CC(=O)O[C]12[CH]3[CH]4[C]5(CC)[CH]1[Fe]43521678[CH]2[CH]1[CH]6[CH]7[CH]28. The number of fused-ring (bicyclic) bond motifs is 10. The number of carbonyl (C=O) groups excluding carboxylic acids is 1. The third-order valence-electron chi connectivity index (χ3n) is 15.9. The van der Waals surface area contributed by atoms with Gasteiger partial charge in [-0.05, 0) is 0 Å². The molecule has 1 spiro atoms. The molecular formula is C15H16FeO2. The summed E-state index contributed by atoms with van der Waals surface area (Å²) in [6.07, 6.45) is 2.88. The molecule has 0 radical (unpaired) electrons. The fourth-order valence-corrected chi connectivity index (χ4v) is 94.2. The van der Waals surface area contributed by atoms with E-state index in [1.165, 1.54) is 41.4 Å². The van der Waals surface area contributed by atoms with Gasteiger partial charge in [0.05, 0.1) is 0 Å². The molecule has 10 aliphatic rings. The van der Waals surface area contributed by atoms with Crippen molar-refractivity contribution in [2.45, 2.75) is 60.7 Å². The van der Waals surface area contributed by atoms with Crippen molar-refractivity contribution >= 4 is 5.97 Å². The second-order valence-electron chi connectivity index (χ2n) is 10.8. The van der Waals surface area contributed by atoms with Crippen molar-refractivity contribution in [3.8, 4) is 0 Å². The first kappa shape index (κ1) is 6.95. The maximum atomic E-state index is 11.9. The zero-order valence-corrected chi connectivity index (χ0v) is 11.4. The van der Waals surface area contributed by atoms with E-state index >= 15 is 0 Å². The summed E-state index contributed by atoms with van der Waals surface area (Å²) in [5.74, 6) is -0.0886. The van der Waals surface area contributed by atoms with Crippen LogP contribution in [0.15, 0.2) is 12.7 Å². The van der Waals surface area contributed by atoms with Crippen molar-refractivity contribution in [3.63, 3.8) is 0 Å². The van der Waals surface area contributed by atoms with Gasteiger partial charge in [-0.1, -0.05) is 0 Å². The molecule has 5 atom stereocenters. The molecule has 0 aromatic carbocycles. The molecule has 0 N–H and O–H groups in total. The van der Waals surface area contributed by atoms with Crippen LogP contribution in [0.25, 0.3) is 0 Å². The average molecular weight is 284 g/mol.